The van der Waals surface area contributed by atoms with Gasteiger partial charge in [0.1, 0.15) is 0 Å². The summed E-state index contributed by atoms with van der Waals surface area (Å²) in [6, 6.07) is 6.10. The van der Waals surface area contributed by atoms with Crippen molar-refractivity contribution < 1.29 is 9.72 Å². The smallest absolute Gasteiger partial charge is 0.269 e. The molecule has 0 aliphatic carbocycles. The lowest BCUT2D eigenvalue weighted by molar-refractivity contribution is -0.384. The fourth-order valence-corrected chi connectivity index (χ4v) is 3.63. The predicted molar refractivity (Wildman–Crippen MR) is 92.6 cm³/mol. The summed E-state index contributed by atoms with van der Waals surface area (Å²) in [5.41, 5.74) is 0.827. The highest BCUT2D eigenvalue weighted by atomic mass is 32.2. The van der Waals surface area contributed by atoms with E-state index in [-0.39, 0.29) is 23.7 Å². The third kappa shape index (κ3) is 4.68. The van der Waals surface area contributed by atoms with Crippen molar-refractivity contribution in [2.24, 2.45) is 0 Å². The maximum atomic E-state index is 12.5. The van der Waals surface area contributed by atoms with Crippen LogP contribution >= 0.6 is 11.8 Å². The number of hydrogen-bond donors (Lipinski definition) is 1. The highest BCUT2D eigenvalue weighted by Gasteiger charge is 2.25. The van der Waals surface area contributed by atoms with Crippen LogP contribution in [0.3, 0.4) is 0 Å². The Labute approximate surface area is 140 Å². The second kappa shape index (κ2) is 8.31. The molecular formula is C16H23N3O3S. The first-order chi connectivity index (χ1) is 11.0. The quantitative estimate of drug-likeness (QED) is 0.638. The second-order valence-electron chi connectivity index (χ2n) is 5.65. The average Bonchev–Trinajstić information content (AvgIpc) is 2.59. The third-order valence-corrected chi connectivity index (χ3v) is 5.12. The van der Waals surface area contributed by atoms with Crippen molar-refractivity contribution in [1.29, 1.82) is 0 Å². The second-order valence-corrected chi connectivity index (χ2v) is 6.87. The number of hydrogen-bond acceptors (Lipinski definition) is 5. The number of nitro benzene ring substituents is 1. The fraction of sp³-hybridized carbons (Fsp3) is 0.562. The number of carbonyl (C=O) groups excluding carboxylic acids is 1. The number of thioether (sulfide) groups is 1. The number of rotatable bonds is 6. The molecule has 23 heavy (non-hydrogen) atoms. The minimum absolute atomic E-state index is 0.0183. The molecule has 6 nitrogen and oxygen atoms in total. The molecule has 0 saturated carbocycles. The number of benzene rings is 1. The molecule has 1 unspecified atom stereocenters. The molecule has 0 spiro atoms. The zero-order valence-electron chi connectivity index (χ0n) is 13.5. The Morgan fingerprint density at radius 3 is 2.74 bits per heavy atom. The van der Waals surface area contributed by atoms with Crippen LogP contribution in [0.1, 0.15) is 31.9 Å². The summed E-state index contributed by atoms with van der Waals surface area (Å²) < 4.78 is 0. The molecular weight excluding hydrogens is 314 g/mol. The van der Waals surface area contributed by atoms with Crippen molar-refractivity contribution in [1.82, 2.24) is 10.2 Å². The van der Waals surface area contributed by atoms with Crippen LogP contribution in [0.25, 0.3) is 0 Å². The van der Waals surface area contributed by atoms with E-state index in [0.29, 0.717) is 6.42 Å². The maximum Gasteiger partial charge on any atom is 0.269 e. The van der Waals surface area contributed by atoms with Crippen molar-refractivity contribution in [3.05, 3.63) is 39.9 Å². The van der Waals surface area contributed by atoms with Gasteiger partial charge in [-0.1, -0.05) is 19.1 Å². The third-order valence-electron chi connectivity index (χ3n) is 4.18. The fourth-order valence-electron chi connectivity index (χ4n) is 2.70. The van der Waals surface area contributed by atoms with Gasteiger partial charge in [-0.15, -0.1) is 0 Å². The lowest BCUT2D eigenvalue weighted by atomic mass is 10.0. The topological polar surface area (TPSA) is 75.5 Å². The molecule has 1 fully saturated rings. The van der Waals surface area contributed by atoms with Gasteiger partial charge < -0.3 is 5.32 Å². The van der Waals surface area contributed by atoms with Crippen molar-refractivity contribution in [3.63, 3.8) is 0 Å². The van der Waals surface area contributed by atoms with Gasteiger partial charge >= 0.3 is 0 Å². The number of nitrogens with zero attached hydrogens (tertiary/aromatic N) is 2. The van der Waals surface area contributed by atoms with Crippen LogP contribution in [-0.4, -0.2) is 46.4 Å². The van der Waals surface area contributed by atoms with E-state index in [9.17, 15) is 14.9 Å². The molecule has 1 amide bonds. The van der Waals surface area contributed by atoms with E-state index in [1.165, 1.54) is 12.1 Å². The van der Waals surface area contributed by atoms with Crippen LogP contribution in [0.5, 0.6) is 0 Å². The molecule has 126 valence electrons. The van der Waals surface area contributed by atoms with Gasteiger partial charge in [0.15, 0.2) is 0 Å². The molecule has 0 bridgehead atoms. The van der Waals surface area contributed by atoms with Crippen molar-refractivity contribution >= 4 is 23.4 Å². The first kappa shape index (κ1) is 17.7. The summed E-state index contributed by atoms with van der Waals surface area (Å²) in [5, 5.41) is 13.9. The van der Waals surface area contributed by atoms with Gasteiger partial charge in [0.05, 0.1) is 17.0 Å². The van der Waals surface area contributed by atoms with Crippen molar-refractivity contribution in [2.45, 2.75) is 32.4 Å². The molecule has 2 atom stereocenters. The Balaban J connectivity index is 2.04. The van der Waals surface area contributed by atoms with Gasteiger partial charge in [-0.05, 0) is 18.9 Å². The van der Waals surface area contributed by atoms with Crippen molar-refractivity contribution in [2.75, 3.05) is 24.6 Å². The van der Waals surface area contributed by atoms with Crippen LogP contribution in [-0.2, 0) is 4.79 Å². The van der Waals surface area contributed by atoms with Gasteiger partial charge in [0.25, 0.3) is 5.69 Å². The highest BCUT2D eigenvalue weighted by molar-refractivity contribution is 7.99. The zero-order valence-corrected chi connectivity index (χ0v) is 14.3. The summed E-state index contributed by atoms with van der Waals surface area (Å²) in [7, 11) is 0. The van der Waals surface area contributed by atoms with Crippen LogP contribution in [0.15, 0.2) is 24.3 Å². The van der Waals surface area contributed by atoms with E-state index in [1.54, 1.807) is 6.07 Å². The standard InChI is InChI=1S/C16H23N3O3S/c1-3-15(13-5-4-6-14(11-13)19(21)22)17-16(20)12(2)18-7-9-23-10-8-18/h4-6,11-12,15H,3,7-10H2,1-2H3,(H,17,20)/t12?,15-/m0/s1. The number of carbonyl (C=O) groups is 1. The number of non-ortho nitro benzene ring substituents is 1. The summed E-state index contributed by atoms with van der Waals surface area (Å²) in [5.74, 6) is 2.09. The zero-order chi connectivity index (χ0) is 16.8. The molecule has 2 rings (SSSR count). The average molecular weight is 337 g/mol. The Bertz CT molecular complexity index is 561. The molecule has 1 aromatic rings. The molecule has 1 aliphatic rings. The molecule has 1 heterocycles. The molecule has 0 aromatic heterocycles. The largest absolute Gasteiger partial charge is 0.348 e. The lowest BCUT2D eigenvalue weighted by Crippen LogP contribution is -2.48. The molecule has 1 aromatic carbocycles. The van der Waals surface area contributed by atoms with Gasteiger partial charge in [0.2, 0.25) is 5.91 Å². The summed E-state index contributed by atoms with van der Waals surface area (Å²) in [4.78, 5) is 25.2. The Kier molecular flexibility index (Phi) is 6.41. The predicted octanol–water partition coefficient (Wildman–Crippen LogP) is 2.60. The molecule has 1 N–H and O–H groups in total. The monoisotopic (exact) mass is 337 g/mol. The maximum absolute atomic E-state index is 12.5. The molecule has 0 radical (unpaired) electrons. The first-order valence-electron chi connectivity index (χ1n) is 7.89. The number of nitro groups is 1. The Morgan fingerprint density at radius 2 is 2.13 bits per heavy atom. The number of amides is 1. The first-order valence-corrected chi connectivity index (χ1v) is 9.05. The SMILES string of the molecule is CC[C@H](NC(=O)C(C)N1CCSCC1)c1cccc([N+](=O)[O-])c1. The molecule has 1 saturated heterocycles. The Morgan fingerprint density at radius 1 is 1.43 bits per heavy atom. The highest BCUT2D eigenvalue weighted by Crippen LogP contribution is 2.22. The lowest BCUT2D eigenvalue weighted by Gasteiger charge is -2.32. The van der Waals surface area contributed by atoms with Crippen LogP contribution in [0, 0.1) is 10.1 Å². The summed E-state index contributed by atoms with van der Waals surface area (Å²) >= 11 is 1.91. The van der Waals surface area contributed by atoms with Gasteiger partial charge in [-0.2, -0.15) is 11.8 Å². The minimum atomic E-state index is -0.411. The van der Waals surface area contributed by atoms with Crippen LogP contribution in [0.2, 0.25) is 0 Å². The van der Waals surface area contributed by atoms with E-state index in [0.717, 1.165) is 30.2 Å². The summed E-state index contributed by atoms with van der Waals surface area (Å²) in [6.45, 7) is 5.73. The normalized spacial score (nSPS) is 18.2. The van der Waals surface area contributed by atoms with Crippen LogP contribution < -0.4 is 5.32 Å². The van der Waals surface area contributed by atoms with Gasteiger partial charge in [-0.3, -0.25) is 19.8 Å². The van der Waals surface area contributed by atoms with Gasteiger partial charge in [-0.25, -0.2) is 0 Å². The Hall–Kier alpha value is -1.60. The van der Waals surface area contributed by atoms with Crippen LogP contribution in [0.4, 0.5) is 5.69 Å². The minimum Gasteiger partial charge on any atom is -0.348 e. The summed E-state index contributed by atoms with van der Waals surface area (Å²) in [6.07, 6.45) is 0.690. The van der Waals surface area contributed by atoms with Gasteiger partial charge in [0, 0.05) is 36.7 Å². The van der Waals surface area contributed by atoms with Crippen molar-refractivity contribution in [3.8, 4) is 0 Å². The van der Waals surface area contributed by atoms with E-state index < -0.39 is 4.92 Å². The molecule has 1 aliphatic heterocycles. The number of nitrogens with one attached hydrogen (secondary N) is 1. The van der Waals surface area contributed by atoms with E-state index >= 15 is 0 Å². The van der Waals surface area contributed by atoms with E-state index in [1.807, 2.05) is 31.7 Å². The molecule has 7 heteroatoms. The van der Waals surface area contributed by atoms with E-state index in [4.69, 9.17) is 0 Å². The van der Waals surface area contributed by atoms with E-state index in [2.05, 4.69) is 10.2 Å².